The average molecular weight is 382 g/mol. The van der Waals surface area contributed by atoms with E-state index < -0.39 is 59.1 Å². The van der Waals surface area contributed by atoms with Gasteiger partial charge in [0.25, 0.3) is 0 Å². The lowest BCUT2D eigenvalue weighted by atomic mass is 9.81. The monoisotopic (exact) mass is 382 g/mol. The van der Waals surface area contributed by atoms with Gasteiger partial charge in [-0.05, 0) is 61.8 Å². The number of morpholine rings is 2. The van der Waals surface area contributed by atoms with Crippen LogP contribution < -0.4 is 0 Å². The first kappa shape index (κ1) is 21.5. The van der Waals surface area contributed by atoms with Gasteiger partial charge >= 0.3 is 23.9 Å². The average Bonchev–Trinajstić information content (AvgIpc) is 2.50. The van der Waals surface area contributed by atoms with E-state index in [0.29, 0.717) is 6.42 Å². The summed E-state index contributed by atoms with van der Waals surface area (Å²) in [6, 6.07) is -2.31. The highest BCUT2D eigenvalue weighted by atomic mass is 16.6. The second kappa shape index (κ2) is 6.98. The van der Waals surface area contributed by atoms with E-state index in [1.54, 1.807) is 27.7 Å². The van der Waals surface area contributed by atoms with Crippen LogP contribution in [0.1, 0.15) is 61.8 Å². The van der Waals surface area contributed by atoms with E-state index in [1.807, 2.05) is 37.5 Å². The molecule has 0 saturated carbocycles. The Hall–Kier alpha value is -1.80. The highest BCUT2D eigenvalue weighted by molar-refractivity contribution is 5.94. The molecule has 0 bridgehead atoms. The first-order valence-corrected chi connectivity index (χ1v) is 9.28. The van der Waals surface area contributed by atoms with Crippen molar-refractivity contribution in [2.75, 3.05) is 0 Å². The first-order valence-electron chi connectivity index (χ1n) is 9.28. The van der Waals surface area contributed by atoms with E-state index >= 15 is 0 Å². The van der Waals surface area contributed by atoms with Gasteiger partial charge in [0.15, 0.2) is 0 Å². The third kappa shape index (κ3) is 3.78. The molecule has 0 aromatic carbocycles. The van der Waals surface area contributed by atoms with Crippen LogP contribution in [0.25, 0.3) is 0 Å². The van der Waals surface area contributed by atoms with E-state index in [1.165, 1.54) is 0 Å². The Bertz CT molecular complexity index is 575. The second-order valence-corrected chi connectivity index (χ2v) is 8.80. The summed E-state index contributed by atoms with van der Waals surface area (Å²) in [6.07, 6.45) is 0.504. The fourth-order valence-corrected chi connectivity index (χ4v) is 5.00. The third-order valence-corrected chi connectivity index (χ3v) is 5.70. The molecule has 0 amide bonds. The summed E-state index contributed by atoms with van der Waals surface area (Å²) in [5, 5.41) is 0. The Morgan fingerprint density at radius 1 is 0.630 bits per heavy atom. The zero-order valence-electron chi connectivity index (χ0n) is 17.4. The Morgan fingerprint density at radius 2 is 0.852 bits per heavy atom. The lowest BCUT2D eigenvalue weighted by molar-refractivity contribution is -0.185. The summed E-state index contributed by atoms with van der Waals surface area (Å²) >= 11 is 0. The van der Waals surface area contributed by atoms with Crippen molar-refractivity contribution in [1.29, 1.82) is 0 Å². The Kier molecular flexibility index (Phi) is 5.56. The van der Waals surface area contributed by atoms with E-state index in [2.05, 4.69) is 0 Å². The number of esters is 4. The highest BCUT2D eigenvalue weighted by Crippen LogP contribution is 2.37. The number of hydrogen-bond donors (Lipinski definition) is 0. The molecule has 8 nitrogen and oxygen atoms in total. The summed E-state index contributed by atoms with van der Waals surface area (Å²) in [5.74, 6) is -2.27. The smallest absolute Gasteiger partial charge is 0.330 e. The van der Waals surface area contributed by atoms with Crippen LogP contribution in [0.15, 0.2) is 0 Å². The predicted octanol–water partition coefficient (Wildman–Crippen LogP) is 1.26. The largest absolute Gasteiger partial charge is 0.391 e. The van der Waals surface area contributed by atoms with Crippen molar-refractivity contribution in [3.05, 3.63) is 0 Å². The maximum absolute atomic E-state index is 12.1. The number of ether oxygens (including phenoxy) is 2. The van der Waals surface area contributed by atoms with Gasteiger partial charge < -0.3 is 9.47 Å². The number of rotatable bonds is 4. The van der Waals surface area contributed by atoms with Gasteiger partial charge in [0.05, 0.1) is 0 Å². The van der Waals surface area contributed by atoms with Gasteiger partial charge in [0.1, 0.15) is 24.2 Å². The van der Waals surface area contributed by atoms with Crippen molar-refractivity contribution in [3.63, 3.8) is 0 Å². The number of cyclic esters (lactones) is 4. The van der Waals surface area contributed by atoms with Crippen LogP contribution in [0, 0.1) is 0 Å². The molecule has 27 heavy (non-hydrogen) atoms. The maximum Gasteiger partial charge on any atom is 0.330 e. The lowest BCUT2D eigenvalue weighted by Gasteiger charge is -2.53. The van der Waals surface area contributed by atoms with E-state index in [0.717, 1.165) is 0 Å². The minimum absolute atomic E-state index is 0.504. The fourth-order valence-electron chi connectivity index (χ4n) is 5.00. The maximum atomic E-state index is 12.1. The van der Waals surface area contributed by atoms with Gasteiger partial charge in [0, 0.05) is 11.1 Å². The summed E-state index contributed by atoms with van der Waals surface area (Å²) in [4.78, 5) is 52.0. The SMILES string of the molecule is CC1C(=O)OC(=O)C(C)N1C(C)(C)CC(C)(C)N1C(C)C(=O)OC(=O)C1C. The van der Waals surface area contributed by atoms with Crippen LogP contribution >= 0.6 is 0 Å². The molecule has 0 spiro atoms. The molecule has 152 valence electrons. The molecule has 2 fully saturated rings. The van der Waals surface area contributed by atoms with E-state index in [4.69, 9.17) is 9.47 Å². The molecule has 4 unspecified atom stereocenters. The van der Waals surface area contributed by atoms with Crippen LogP contribution in [0.3, 0.4) is 0 Å². The molecule has 4 atom stereocenters. The molecule has 8 heteroatoms. The highest BCUT2D eigenvalue weighted by Gasteiger charge is 2.51. The summed E-state index contributed by atoms with van der Waals surface area (Å²) in [6.45, 7) is 14.7. The van der Waals surface area contributed by atoms with Crippen molar-refractivity contribution in [1.82, 2.24) is 9.80 Å². The molecule has 2 heterocycles. The number of carbonyl (C=O) groups is 4. The predicted molar refractivity (Wildman–Crippen MR) is 96.5 cm³/mol. The zero-order valence-corrected chi connectivity index (χ0v) is 17.4. The van der Waals surface area contributed by atoms with Gasteiger partial charge in [-0.1, -0.05) is 0 Å². The standard InChI is InChI=1S/C19H30N2O6/c1-10-14(22)26-15(23)11(2)20(10)18(5,6)9-19(7,8)21-12(3)16(24)27-17(25)13(21)4/h10-13H,9H2,1-8H3. The normalized spacial score (nSPS) is 31.7. The molecule has 0 radical (unpaired) electrons. The van der Waals surface area contributed by atoms with Crippen LogP contribution in [0.2, 0.25) is 0 Å². The molecular weight excluding hydrogens is 352 g/mol. The first-order chi connectivity index (χ1) is 12.2. The zero-order chi connectivity index (χ0) is 20.9. The minimum Gasteiger partial charge on any atom is -0.391 e. The van der Waals surface area contributed by atoms with E-state index in [9.17, 15) is 19.2 Å². The molecule has 0 aromatic rings. The molecule has 2 aliphatic rings. The van der Waals surface area contributed by atoms with Crippen LogP contribution in [0.5, 0.6) is 0 Å². The van der Waals surface area contributed by atoms with Gasteiger partial charge in [-0.15, -0.1) is 0 Å². The fraction of sp³-hybridized carbons (Fsp3) is 0.789. The third-order valence-electron chi connectivity index (χ3n) is 5.70. The molecule has 0 aliphatic carbocycles. The Morgan fingerprint density at radius 3 is 1.07 bits per heavy atom. The van der Waals surface area contributed by atoms with Crippen molar-refractivity contribution in [3.8, 4) is 0 Å². The second-order valence-electron chi connectivity index (χ2n) is 8.80. The topological polar surface area (TPSA) is 93.2 Å². The van der Waals surface area contributed by atoms with Crippen LogP contribution in [-0.4, -0.2) is 68.9 Å². The number of carbonyl (C=O) groups excluding carboxylic acids is 4. The van der Waals surface area contributed by atoms with Gasteiger partial charge in [0.2, 0.25) is 0 Å². The lowest BCUT2D eigenvalue weighted by Crippen LogP contribution is -2.68. The van der Waals surface area contributed by atoms with Crippen molar-refractivity contribution in [2.45, 2.75) is 97.1 Å². The van der Waals surface area contributed by atoms with Crippen LogP contribution in [0.4, 0.5) is 0 Å². The molecule has 2 saturated heterocycles. The van der Waals surface area contributed by atoms with Crippen molar-refractivity contribution >= 4 is 23.9 Å². The summed E-state index contributed by atoms with van der Waals surface area (Å²) < 4.78 is 9.62. The molecular formula is C19H30N2O6. The van der Waals surface area contributed by atoms with Crippen LogP contribution in [-0.2, 0) is 28.7 Å². The quantitative estimate of drug-likeness (QED) is 0.530. The van der Waals surface area contributed by atoms with E-state index in [-0.39, 0.29) is 0 Å². The van der Waals surface area contributed by atoms with Crippen molar-refractivity contribution < 1.29 is 28.7 Å². The Labute approximate surface area is 160 Å². The number of nitrogens with zero attached hydrogens (tertiary/aromatic N) is 2. The molecule has 2 rings (SSSR count). The summed E-state index contributed by atoms with van der Waals surface area (Å²) in [5.41, 5.74) is -1.16. The van der Waals surface area contributed by atoms with Crippen molar-refractivity contribution in [2.24, 2.45) is 0 Å². The molecule has 0 N–H and O–H groups in total. The van der Waals surface area contributed by atoms with Gasteiger partial charge in [-0.3, -0.25) is 9.80 Å². The molecule has 0 aromatic heterocycles. The number of hydrogen-bond acceptors (Lipinski definition) is 8. The summed E-state index contributed by atoms with van der Waals surface area (Å²) in [7, 11) is 0. The van der Waals surface area contributed by atoms with Gasteiger partial charge in [-0.2, -0.15) is 0 Å². The molecule has 2 aliphatic heterocycles. The minimum atomic E-state index is -0.582. The van der Waals surface area contributed by atoms with Gasteiger partial charge in [-0.25, -0.2) is 19.2 Å². The Balaban J connectivity index is 2.34.